The zero-order chi connectivity index (χ0) is 16.1. The van der Waals surface area contributed by atoms with Crippen LogP contribution in [0, 0.1) is 12.7 Å². The number of hydrogen-bond donors (Lipinski definition) is 1. The lowest BCUT2D eigenvalue weighted by atomic mass is 9.93. The molecule has 2 aromatic rings. The van der Waals surface area contributed by atoms with Gasteiger partial charge in [-0.25, -0.2) is 4.39 Å². The second-order valence-electron chi connectivity index (χ2n) is 5.11. The Morgan fingerprint density at radius 1 is 1.36 bits per heavy atom. The van der Waals surface area contributed by atoms with Crippen molar-refractivity contribution in [3.8, 4) is 0 Å². The SMILES string of the molecule is C=CCC(C(=O)Nc1ccc(Br)c(F)c1)c1cccc(C)c1. The van der Waals surface area contributed by atoms with Crippen LogP contribution in [0.5, 0.6) is 0 Å². The van der Waals surface area contributed by atoms with Gasteiger partial charge in [0, 0.05) is 5.69 Å². The fourth-order valence-corrected chi connectivity index (χ4v) is 2.50. The van der Waals surface area contributed by atoms with Crippen molar-refractivity contribution in [2.75, 3.05) is 5.32 Å². The number of rotatable bonds is 5. The molecule has 1 N–H and O–H groups in total. The predicted octanol–water partition coefficient (Wildman–Crippen LogP) is 5.20. The zero-order valence-electron chi connectivity index (χ0n) is 12.3. The van der Waals surface area contributed by atoms with E-state index in [2.05, 4.69) is 27.8 Å². The van der Waals surface area contributed by atoms with E-state index >= 15 is 0 Å². The van der Waals surface area contributed by atoms with E-state index in [9.17, 15) is 9.18 Å². The molecule has 0 aliphatic rings. The smallest absolute Gasteiger partial charge is 0.232 e. The Labute approximate surface area is 138 Å². The van der Waals surface area contributed by atoms with E-state index in [1.807, 2.05) is 31.2 Å². The standard InChI is InChI=1S/C18H17BrFNO/c1-3-5-15(13-7-4-6-12(2)10-13)18(22)21-14-8-9-16(19)17(20)11-14/h3-4,6-11,15H,1,5H2,2H3,(H,21,22). The van der Waals surface area contributed by atoms with Gasteiger partial charge in [-0.2, -0.15) is 0 Å². The number of allylic oxidation sites excluding steroid dienone is 1. The highest BCUT2D eigenvalue weighted by Gasteiger charge is 2.19. The maximum atomic E-state index is 13.5. The Morgan fingerprint density at radius 3 is 2.77 bits per heavy atom. The van der Waals surface area contributed by atoms with Gasteiger partial charge in [-0.1, -0.05) is 35.9 Å². The molecule has 0 aliphatic carbocycles. The third-order valence-electron chi connectivity index (χ3n) is 3.35. The number of benzene rings is 2. The molecular weight excluding hydrogens is 345 g/mol. The summed E-state index contributed by atoms with van der Waals surface area (Å²) >= 11 is 3.09. The van der Waals surface area contributed by atoms with Gasteiger partial charge < -0.3 is 5.32 Å². The molecule has 0 radical (unpaired) electrons. The van der Waals surface area contributed by atoms with E-state index in [1.165, 1.54) is 6.07 Å². The van der Waals surface area contributed by atoms with Crippen LogP contribution in [-0.2, 0) is 4.79 Å². The third-order valence-corrected chi connectivity index (χ3v) is 3.99. The number of carbonyl (C=O) groups excluding carboxylic acids is 1. The van der Waals surface area contributed by atoms with Gasteiger partial charge in [0.25, 0.3) is 0 Å². The van der Waals surface area contributed by atoms with Crippen LogP contribution in [-0.4, -0.2) is 5.91 Å². The summed E-state index contributed by atoms with van der Waals surface area (Å²) in [6.45, 7) is 5.70. The first-order chi connectivity index (χ1) is 10.5. The van der Waals surface area contributed by atoms with E-state index in [4.69, 9.17) is 0 Å². The summed E-state index contributed by atoms with van der Waals surface area (Å²) < 4.78 is 13.9. The van der Waals surface area contributed by atoms with E-state index < -0.39 is 5.82 Å². The van der Waals surface area contributed by atoms with Gasteiger partial charge in [-0.05, 0) is 53.0 Å². The topological polar surface area (TPSA) is 29.1 Å². The van der Waals surface area contributed by atoms with Crippen LogP contribution < -0.4 is 5.32 Å². The van der Waals surface area contributed by atoms with Crippen LogP contribution in [0.25, 0.3) is 0 Å². The minimum absolute atomic E-state index is 0.174. The van der Waals surface area contributed by atoms with E-state index in [0.29, 0.717) is 16.6 Å². The third kappa shape index (κ3) is 4.04. The Kier molecular flexibility index (Phi) is 5.50. The fourth-order valence-electron chi connectivity index (χ4n) is 2.25. The van der Waals surface area contributed by atoms with Gasteiger partial charge in [0.2, 0.25) is 5.91 Å². The average molecular weight is 362 g/mol. The lowest BCUT2D eigenvalue weighted by molar-refractivity contribution is -0.117. The molecule has 22 heavy (non-hydrogen) atoms. The molecule has 2 aromatic carbocycles. The monoisotopic (exact) mass is 361 g/mol. The fraction of sp³-hybridized carbons (Fsp3) is 0.167. The molecule has 1 unspecified atom stereocenters. The molecule has 1 amide bonds. The molecule has 114 valence electrons. The molecule has 4 heteroatoms. The molecule has 0 aliphatic heterocycles. The average Bonchev–Trinajstić information content (AvgIpc) is 2.48. The van der Waals surface area contributed by atoms with Crippen LogP contribution in [0.3, 0.4) is 0 Å². The summed E-state index contributed by atoms with van der Waals surface area (Å²) in [7, 11) is 0. The maximum Gasteiger partial charge on any atom is 0.232 e. The summed E-state index contributed by atoms with van der Waals surface area (Å²) in [5.74, 6) is -0.926. The Hall–Kier alpha value is -1.94. The molecule has 1 atom stereocenters. The Balaban J connectivity index is 2.22. The molecular formula is C18H17BrFNO. The van der Waals surface area contributed by atoms with Gasteiger partial charge in [0.05, 0.1) is 10.4 Å². The molecule has 0 heterocycles. The number of nitrogens with one attached hydrogen (secondary N) is 1. The quantitative estimate of drug-likeness (QED) is 0.729. The van der Waals surface area contributed by atoms with E-state index in [-0.39, 0.29) is 11.8 Å². The second-order valence-corrected chi connectivity index (χ2v) is 5.96. The molecule has 2 rings (SSSR count). The van der Waals surface area contributed by atoms with Crippen molar-refractivity contribution in [2.45, 2.75) is 19.3 Å². The first-order valence-electron chi connectivity index (χ1n) is 6.94. The lowest BCUT2D eigenvalue weighted by Crippen LogP contribution is -2.21. The van der Waals surface area contributed by atoms with Crippen LogP contribution in [0.2, 0.25) is 0 Å². The lowest BCUT2D eigenvalue weighted by Gasteiger charge is -2.16. The summed E-state index contributed by atoms with van der Waals surface area (Å²) in [4.78, 5) is 12.5. The van der Waals surface area contributed by atoms with Crippen molar-refractivity contribution in [1.82, 2.24) is 0 Å². The summed E-state index contributed by atoms with van der Waals surface area (Å²) in [6, 6.07) is 12.3. The molecule has 0 fully saturated rings. The molecule has 0 bridgehead atoms. The Morgan fingerprint density at radius 2 is 2.14 bits per heavy atom. The minimum atomic E-state index is -0.409. The number of aryl methyl sites for hydroxylation is 1. The van der Waals surface area contributed by atoms with E-state index in [1.54, 1.807) is 18.2 Å². The van der Waals surface area contributed by atoms with Crippen molar-refractivity contribution < 1.29 is 9.18 Å². The zero-order valence-corrected chi connectivity index (χ0v) is 13.9. The molecule has 0 spiro atoms. The van der Waals surface area contributed by atoms with Crippen LogP contribution in [0.1, 0.15) is 23.5 Å². The van der Waals surface area contributed by atoms with Crippen molar-refractivity contribution in [3.63, 3.8) is 0 Å². The van der Waals surface area contributed by atoms with Gasteiger partial charge >= 0.3 is 0 Å². The van der Waals surface area contributed by atoms with Crippen LogP contribution >= 0.6 is 15.9 Å². The maximum absolute atomic E-state index is 13.5. The summed E-state index contributed by atoms with van der Waals surface area (Å²) in [6.07, 6.45) is 2.24. The largest absolute Gasteiger partial charge is 0.325 e. The first kappa shape index (κ1) is 16.4. The van der Waals surface area contributed by atoms with Gasteiger partial charge in [-0.15, -0.1) is 6.58 Å². The van der Waals surface area contributed by atoms with Crippen LogP contribution in [0.15, 0.2) is 59.6 Å². The van der Waals surface area contributed by atoms with Crippen molar-refractivity contribution in [1.29, 1.82) is 0 Å². The highest BCUT2D eigenvalue weighted by atomic mass is 79.9. The first-order valence-corrected chi connectivity index (χ1v) is 7.74. The van der Waals surface area contributed by atoms with Crippen LogP contribution in [0.4, 0.5) is 10.1 Å². The van der Waals surface area contributed by atoms with Gasteiger partial charge in [0.15, 0.2) is 0 Å². The molecule has 0 saturated heterocycles. The summed E-state index contributed by atoms with van der Waals surface area (Å²) in [5.41, 5.74) is 2.46. The highest BCUT2D eigenvalue weighted by molar-refractivity contribution is 9.10. The summed E-state index contributed by atoms with van der Waals surface area (Å²) in [5, 5.41) is 2.77. The minimum Gasteiger partial charge on any atom is -0.325 e. The van der Waals surface area contributed by atoms with E-state index in [0.717, 1.165) is 11.1 Å². The van der Waals surface area contributed by atoms with Crippen molar-refractivity contribution in [3.05, 3.63) is 76.5 Å². The number of anilines is 1. The second kappa shape index (κ2) is 7.36. The van der Waals surface area contributed by atoms with Gasteiger partial charge in [0.1, 0.15) is 5.82 Å². The van der Waals surface area contributed by atoms with Gasteiger partial charge in [-0.3, -0.25) is 4.79 Å². The molecule has 0 saturated carbocycles. The normalized spacial score (nSPS) is 11.8. The highest BCUT2D eigenvalue weighted by Crippen LogP contribution is 2.25. The molecule has 0 aromatic heterocycles. The molecule has 2 nitrogen and oxygen atoms in total. The number of amides is 1. The predicted molar refractivity (Wildman–Crippen MR) is 91.5 cm³/mol. The van der Waals surface area contributed by atoms with Crippen molar-refractivity contribution >= 4 is 27.5 Å². The number of carbonyl (C=O) groups is 1. The van der Waals surface area contributed by atoms with Crippen molar-refractivity contribution in [2.24, 2.45) is 0 Å². The number of hydrogen-bond acceptors (Lipinski definition) is 1. The Bertz CT molecular complexity index is 699. The number of halogens is 2.